The molecule has 4 rings (SSSR count). The van der Waals surface area contributed by atoms with Crippen molar-refractivity contribution in [1.29, 1.82) is 0 Å². The maximum Gasteiger partial charge on any atom is 0.279 e. The Bertz CT molecular complexity index is 498. The molecule has 0 N–H and O–H groups in total. The van der Waals surface area contributed by atoms with Crippen molar-refractivity contribution < 1.29 is 18.9 Å². The maximum absolute atomic E-state index is 5.85. The van der Waals surface area contributed by atoms with Crippen molar-refractivity contribution in [2.24, 2.45) is 5.41 Å². The predicted octanol–water partition coefficient (Wildman–Crippen LogP) is 3.41. The lowest BCUT2D eigenvalue weighted by atomic mass is 9.90. The molecule has 0 unspecified atom stereocenters. The lowest BCUT2D eigenvalue weighted by Crippen LogP contribution is -2.60. The Kier molecular flexibility index (Phi) is 5.17. The van der Waals surface area contributed by atoms with Gasteiger partial charge >= 0.3 is 0 Å². The third-order valence-electron chi connectivity index (χ3n) is 4.55. The van der Waals surface area contributed by atoms with Gasteiger partial charge in [-0.15, -0.1) is 0 Å². The predicted molar refractivity (Wildman–Crippen MR) is 89.0 cm³/mol. The van der Waals surface area contributed by atoms with Crippen LogP contribution in [-0.2, 0) is 25.4 Å². The van der Waals surface area contributed by atoms with Crippen LogP contribution in [0.15, 0.2) is 30.8 Å². The molecule has 1 aromatic rings. The highest BCUT2D eigenvalue weighted by atomic mass is 16.9. The quantitative estimate of drug-likeness (QED) is 0.688. The largest absolute Gasteiger partial charge is 0.381 e. The van der Waals surface area contributed by atoms with Gasteiger partial charge < -0.3 is 18.9 Å². The van der Waals surface area contributed by atoms with Gasteiger partial charge in [0, 0.05) is 13.5 Å². The van der Waals surface area contributed by atoms with Gasteiger partial charge in [0.05, 0.1) is 31.8 Å². The first-order chi connectivity index (χ1) is 11.1. The molecule has 0 spiro atoms. The summed E-state index contributed by atoms with van der Waals surface area (Å²) in [6.07, 6.45) is 5.13. The molecule has 4 nitrogen and oxygen atoms in total. The van der Waals surface area contributed by atoms with Crippen LogP contribution in [0.2, 0.25) is 0 Å². The van der Waals surface area contributed by atoms with E-state index in [-0.39, 0.29) is 5.41 Å². The molecule has 1 aromatic carbocycles. The molecule has 0 radical (unpaired) electrons. The van der Waals surface area contributed by atoms with Gasteiger partial charge in [-0.25, -0.2) is 0 Å². The standard InChI is InChI=1S/C19H26O4/c1-3-16-7-9-17(10-8-16)6-4-5-11-20-12-19-13-21-18(2,22-14-19)23-15-19/h3,7-10H,1,4-6,11-15H2,2H3. The average molecular weight is 318 g/mol. The minimum atomic E-state index is -0.830. The van der Waals surface area contributed by atoms with Crippen molar-refractivity contribution in [3.05, 3.63) is 42.0 Å². The van der Waals surface area contributed by atoms with Crippen LogP contribution in [0.4, 0.5) is 0 Å². The second-order valence-electron chi connectivity index (χ2n) is 6.68. The zero-order chi connectivity index (χ0) is 16.2. The highest BCUT2D eigenvalue weighted by Crippen LogP contribution is 2.38. The Balaban J connectivity index is 1.30. The summed E-state index contributed by atoms with van der Waals surface area (Å²) in [5, 5.41) is 0. The van der Waals surface area contributed by atoms with Gasteiger partial charge in [-0.2, -0.15) is 0 Å². The molecule has 3 heterocycles. The van der Waals surface area contributed by atoms with Crippen LogP contribution < -0.4 is 0 Å². The molecule has 4 heteroatoms. The third kappa shape index (κ3) is 4.21. The van der Waals surface area contributed by atoms with Gasteiger partial charge in [0.25, 0.3) is 5.97 Å². The van der Waals surface area contributed by atoms with Crippen LogP contribution in [0.1, 0.15) is 30.9 Å². The topological polar surface area (TPSA) is 36.9 Å². The molecule has 3 aliphatic heterocycles. The average Bonchev–Trinajstić information content (AvgIpc) is 2.60. The number of rotatable bonds is 8. The molecule has 23 heavy (non-hydrogen) atoms. The number of benzene rings is 1. The molecule has 0 aromatic heterocycles. The molecule has 0 atom stereocenters. The Morgan fingerprint density at radius 1 is 1.09 bits per heavy atom. The highest BCUT2D eigenvalue weighted by Gasteiger charge is 2.50. The van der Waals surface area contributed by atoms with Crippen molar-refractivity contribution in [2.45, 2.75) is 32.2 Å². The summed E-state index contributed by atoms with van der Waals surface area (Å²) in [5.41, 5.74) is 2.40. The van der Waals surface area contributed by atoms with E-state index in [4.69, 9.17) is 18.9 Å². The fourth-order valence-electron chi connectivity index (χ4n) is 2.87. The molecule has 3 saturated heterocycles. The second-order valence-corrected chi connectivity index (χ2v) is 6.68. The molecule has 0 aliphatic carbocycles. The molecule has 3 aliphatic rings. The van der Waals surface area contributed by atoms with Gasteiger partial charge in [0.15, 0.2) is 0 Å². The fraction of sp³-hybridized carbons (Fsp3) is 0.579. The first-order valence-corrected chi connectivity index (χ1v) is 8.34. The van der Waals surface area contributed by atoms with E-state index < -0.39 is 5.97 Å². The molecular weight excluding hydrogens is 292 g/mol. The van der Waals surface area contributed by atoms with Gasteiger partial charge in [0.2, 0.25) is 0 Å². The molecular formula is C19H26O4. The lowest BCUT2D eigenvalue weighted by Gasteiger charge is -2.50. The first kappa shape index (κ1) is 16.7. The molecule has 0 amide bonds. The van der Waals surface area contributed by atoms with Crippen LogP contribution in [0.5, 0.6) is 0 Å². The first-order valence-electron chi connectivity index (χ1n) is 8.34. The summed E-state index contributed by atoms with van der Waals surface area (Å²) in [6, 6.07) is 8.56. The fourth-order valence-corrected chi connectivity index (χ4v) is 2.87. The van der Waals surface area contributed by atoms with E-state index in [2.05, 4.69) is 30.8 Å². The number of hydrogen-bond acceptors (Lipinski definition) is 4. The van der Waals surface area contributed by atoms with Gasteiger partial charge in [-0.1, -0.05) is 36.9 Å². The van der Waals surface area contributed by atoms with Crippen LogP contribution in [0.25, 0.3) is 6.08 Å². The van der Waals surface area contributed by atoms with Crippen LogP contribution in [0.3, 0.4) is 0 Å². The summed E-state index contributed by atoms with van der Waals surface area (Å²) in [6.45, 7) is 8.95. The number of aryl methyl sites for hydroxylation is 1. The second kappa shape index (κ2) is 7.14. The van der Waals surface area contributed by atoms with Gasteiger partial charge in [-0.3, -0.25) is 0 Å². The zero-order valence-electron chi connectivity index (χ0n) is 13.9. The zero-order valence-corrected chi connectivity index (χ0v) is 13.9. The summed E-state index contributed by atoms with van der Waals surface area (Å²) in [4.78, 5) is 0. The number of ether oxygens (including phenoxy) is 4. The monoisotopic (exact) mass is 318 g/mol. The van der Waals surface area contributed by atoms with Gasteiger partial charge in [-0.05, 0) is 30.4 Å². The van der Waals surface area contributed by atoms with Crippen molar-refractivity contribution >= 4 is 6.08 Å². The summed E-state index contributed by atoms with van der Waals surface area (Å²) in [5.74, 6) is -0.830. The summed E-state index contributed by atoms with van der Waals surface area (Å²) >= 11 is 0. The van der Waals surface area contributed by atoms with E-state index in [1.807, 2.05) is 13.0 Å². The summed E-state index contributed by atoms with van der Waals surface area (Å²) < 4.78 is 22.6. The van der Waals surface area contributed by atoms with E-state index in [1.165, 1.54) is 11.1 Å². The normalized spacial score (nSPS) is 29.6. The van der Waals surface area contributed by atoms with Crippen molar-refractivity contribution in [2.75, 3.05) is 33.0 Å². The molecule has 126 valence electrons. The third-order valence-corrected chi connectivity index (χ3v) is 4.55. The van der Waals surface area contributed by atoms with Crippen molar-refractivity contribution in [1.82, 2.24) is 0 Å². The molecule has 0 saturated carbocycles. The van der Waals surface area contributed by atoms with E-state index in [0.717, 1.165) is 25.9 Å². The molecule has 2 bridgehead atoms. The highest BCUT2D eigenvalue weighted by molar-refractivity contribution is 5.47. The number of hydrogen-bond donors (Lipinski definition) is 0. The SMILES string of the molecule is C=Cc1ccc(CCCCOCC23COC(C)(OC2)OC3)cc1. The Labute approximate surface area is 138 Å². The van der Waals surface area contributed by atoms with Crippen LogP contribution in [0, 0.1) is 5.41 Å². The van der Waals surface area contributed by atoms with E-state index >= 15 is 0 Å². The van der Waals surface area contributed by atoms with E-state index in [0.29, 0.717) is 26.4 Å². The maximum atomic E-state index is 5.85. The minimum Gasteiger partial charge on any atom is -0.381 e. The number of fused-ring (bicyclic) bond motifs is 3. The van der Waals surface area contributed by atoms with Crippen LogP contribution in [-0.4, -0.2) is 39.0 Å². The smallest absolute Gasteiger partial charge is 0.279 e. The Morgan fingerprint density at radius 3 is 2.35 bits per heavy atom. The lowest BCUT2D eigenvalue weighted by molar-refractivity contribution is -0.462. The van der Waals surface area contributed by atoms with Crippen LogP contribution >= 0.6 is 0 Å². The molecule has 3 fully saturated rings. The van der Waals surface area contributed by atoms with Crippen molar-refractivity contribution in [3.8, 4) is 0 Å². The number of unbranched alkanes of at least 4 members (excludes halogenated alkanes) is 1. The van der Waals surface area contributed by atoms with Gasteiger partial charge in [0.1, 0.15) is 0 Å². The Morgan fingerprint density at radius 2 is 1.74 bits per heavy atom. The van der Waals surface area contributed by atoms with E-state index in [9.17, 15) is 0 Å². The van der Waals surface area contributed by atoms with E-state index in [1.54, 1.807) is 0 Å². The summed E-state index contributed by atoms with van der Waals surface area (Å²) in [7, 11) is 0. The van der Waals surface area contributed by atoms with Crippen molar-refractivity contribution in [3.63, 3.8) is 0 Å². The minimum absolute atomic E-state index is 0.127. The Hall–Kier alpha value is -1.20.